The molecule has 162 valence electrons. The molecule has 0 aromatic heterocycles. The third-order valence-electron chi connectivity index (χ3n) is 6.65. The topological polar surface area (TPSA) is 70.9 Å². The van der Waals surface area contributed by atoms with Crippen LogP contribution in [0.3, 0.4) is 0 Å². The number of hydrogen-bond acceptors (Lipinski definition) is 3. The number of amides is 1. The van der Waals surface area contributed by atoms with Crippen LogP contribution >= 0.6 is 0 Å². The Bertz CT molecular complexity index is 775. The lowest BCUT2D eigenvalue weighted by atomic mass is 9.75. The van der Waals surface area contributed by atoms with E-state index in [2.05, 4.69) is 5.32 Å². The van der Waals surface area contributed by atoms with Gasteiger partial charge < -0.3 is 10.2 Å². The number of carbonyl (C=O) groups is 1. The van der Waals surface area contributed by atoms with Crippen LogP contribution in [0, 0.1) is 11.8 Å². The van der Waals surface area contributed by atoms with Gasteiger partial charge in [-0.2, -0.15) is 4.31 Å². The maximum atomic E-state index is 12.5. The second kappa shape index (κ2) is 10.0. The Morgan fingerprint density at radius 3 is 2.38 bits per heavy atom. The molecular weight excluding hydrogens is 386 g/mol. The average Bonchev–Trinajstić information content (AvgIpc) is 2.73. The number of nitrogens with one attached hydrogen (secondary N) is 2. The number of likely N-dealkylation sites (tertiary alicyclic amines) is 1. The van der Waals surface area contributed by atoms with E-state index in [1.165, 1.54) is 41.3 Å². The highest BCUT2D eigenvalue weighted by Crippen LogP contribution is 2.32. The third kappa shape index (κ3) is 5.58. The van der Waals surface area contributed by atoms with Crippen LogP contribution in [0.5, 0.6) is 0 Å². The van der Waals surface area contributed by atoms with Crippen molar-refractivity contribution in [3.8, 4) is 0 Å². The Kier molecular flexibility index (Phi) is 7.71. The number of benzene rings is 1. The van der Waals surface area contributed by atoms with Crippen molar-refractivity contribution in [2.45, 2.75) is 57.4 Å². The smallest absolute Gasteiger partial charge is 0.275 e. The molecule has 1 aromatic rings. The fourth-order valence-corrected chi connectivity index (χ4v) is 6.40. The van der Waals surface area contributed by atoms with Gasteiger partial charge in [0.15, 0.2) is 6.54 Å². The first-order valence-electron chi connectivity index (χ1n) is 11.1. The minimum Gasteiger partial charge on any atom is -0.347 e. The van der Waals surface area contributed by atoms with E-state index in [1.807, 2.05) is 13.8 Å². The van der Waals surface area contributed by atoms with E-state index < -0.39 is 10.0 Å². The van der Waals surface area contributed by atoms with Crippen LogP contribution in [0.2, 0.25) is 0 Å². The summed E-state index contributed by atoms with van der Waals surface area (Å²) in [6, 6.07) is 6.84. The largest absolute Gasteiger partial charge is 0.347 e. The Morgan fingerprint density at radius 2 is 1.72 bits per heavy atom. The summed E-state index contributed by atoms with van der Waals surface area (Å²) in [5.41, 5.74) is 0.915. The minimum absolute atomic E-state index is 0.0779. The number of sulfonamides is 1. The van der Waals surface area contributed by atoms with Crippen LogP contribution in [0.25, 0.3) is 0 Å². The molecule has 1 saturated carbocycles. The molecule has 6 nitrogen and oxygen atoms in total. The van der Waals surface area contributed by atoms with E-state index in [0.717, 1.165) is 30.5 Å². The van der Waals surface area contributed by atoms with Crippen molar-refractivity contribution in [1.82, 2.24) is 9.62 Å². The van der Waals surface area contributed by atoms with Crippen molar-refractivity contribution in [3.05, 3.63) is 29.8 Å². The molecule has 29 heavy (non-hydrogen) atoms. The normalized spacial score (nSPS) is 24.9. The summed E-state index contributed by atoms with van der Waals surface area (Å²) in [5, 5.41) is 3.00. The molecule has 1 saturated heterocycles. The number of fused-ring (bicyclic) bond motifs is 1. The molecule has 3 rings (SSSR count). The Labute approximate surface area is 175 Å². The zero-order valence-corrected chi connectivity index (χ0v) is 18.6. The number of quaternary nitrogens is 1. The molecule has 7 heteroatoms. The number of carbonyl (C=O) groups excluding carboxylic acids is 1. The van der Waals surface area contributed by atoms with E-state index in [1.54, 1.807) is 24.3 Å². The van der Waals surface area contributed by atoms with Crippen molar-refractivity contribution in [2.75, 3.05) is 32.7 Å². The lowest BCUT2D eigenvalue weighted by molar-refractivity contribution is -0.902. The maximum absolute atomic E-state index is 12.5. The molecule has 0 radical (unpaired) electrons. The highest BCUT2D eigenvalue weighted by Gasteiger charge is 2.34. The van der Waals surface area contributed by atoms with Crippen molar-refractivity contribution in [2.24, 2.45) is 11.8 Å². The Morgan fingerprint density at radius 1 is 1.07 bits per heavy atom. The second-order valence-corrected chi connectivity index (χ2v) is 10.4. The van der Waals surface area contributed by atoms with Gasteiger partial charge in [-0.05, 0) is 42.9 Å². The summed E-state index contributed by atoms with van der Waals surface area (Å²) in [6.07, 6.45) is 6.70. The molecule has 1 aliphatic carbocycles. The fraction of sp³-hybridized carbons (Fsp3) is 0.682. The highest BCUT2D eigenvalue weighted by molar-refractivity contribution is 7.89. The zero-order chi connectivity index (χ0) is 20.9. The molecule has 0 spiro atoms. The van der Waals surface area contributed by atoms with Crippen molar-refractivity contribution in [1.29, 1.82) is 0 Å². The molecule has 1 unspecified atom stereocenters. The molecule has 1 aromatic carbocycles. The van der Waals surface area contributed by atoms with Gasteiger partial charge in [-0.25, -0.2) is 8.42 Å². The monoisotopic (exact) mass is 422 g/mol. The second-order valence-electron chi connectivity index (χ2n) is 8.48. The quantitative estimate of drug-likeness (QED) is 0.666. The Balaban J connectivity index is 1.48. The number of nitrogens with zero attached hydrogens (tertiary/aromatic N) is 1. The van der Waals surface area contributed by atoms with Crippen LogP contribution in [0.1, 0.15) is 51.5 Å². The van der Waals surface area contributed by atoms with Crippen LogP contribution < -0.4 is 10.2 Å². The van der Waals surface area contributed by atoms with Crippen LogP contribution in [0.15, 0.2) is 29.2 Å². The van der Waals surface area contributed by atoms with E-state index in [4.69, 9.17) is 0 Å². The molecule has 1 amide bonds. The SMILES string of the molecule is CCN(CC)S(=O)(=O)c1ccc(CNC(=O)C[NH+]2CC[C@H]3CCCC[C@@H]3C2)cc1. The maximum Gasteiger partial charge on any atom is 0.275 e. The van der Waals surface area contributed by atoms with Crippen LogP contribution in [-0.2, 0) is 21.4 Å². The predicted molar refractivity (Wildman–Crippen MR) is 114 cm³/mol. The van der Waals surface area contributed by atoms with Crippen molar-refractivity contribution >= 4 is 15.9 Å². The molecule has 3 atom stereocenters. The lowest BCUT2D eigenvalue weighted by Gasteiger charge is -2.38. The van der Waals surface area contributed by atoms with Crippen molar-refractivity contribution < 1.29 is 18.1 Å². The minimum atomic E-state index is -3.44. The van der Waals surface area contributed by atoms with Gasteiger partial charge in [-0.1, -0.05) is 38.8 Å². The third-order valence-corrected chi connectivity index (χ3v) is 8.72. The molecule has 1 aliphatic heterocycles. The molecule has 1 heterocycles. The number of hydrogen-bond donors (Lipinski definition) is 2. The highest BCUT2D eigenvalue weighted by atomic mass is 32.2. The number of rotatable bonds is 8. The molecule has 0 bridgehead atoms. The summed E-state index contributed by atoms with van der Waals surface area (Å²) < 4.78 is 26.5. The van der Waals surface area contributed by atoms with Gasteiger partial charge in [-0.15, -0.1) is 0 Å². The van der Waals surface area contributed by atoms with E-state index in [9.17, 15) is 13.2 Å². The number of piperidine rings is 1. The van der Waals surface area contributed by atoms with Crippen LogP contribution in [0.4, 0.5) is 0 Å². The van der Waals surface area contributed by atoms with Gasteiger partial charge in [0, 0.05) is 25.6 Å². The molecule has 2 N–H and O–H groups in total. The predicted octanol–water partition coefficient (Wildman–Crippen LogP) is 1.43. The van der Waals surface area contributed by atoms with Gasteiger partial charge in [0.25, 0.3) is 5.91 Å². The lowest BCUT2D eigenvalue weighted by Crippen LogP contribution is -3.15. The summed E-state index contributed by atoms with van der Waals surface area (Å²) in [6.45, 7) is 7.80. The molecular formula is C22H36N3O3S+. The van der Waals surface area contributed by atoms with E-state index >= 15 is 0 Å². The van der Waals surface area contributed by atoms with Gasteiger partial charge >= 0.3 is 0 Å². The van der Waals surface area contributed by atoms with Gasteiger partial charge in [0.05, 0.1) is 18.0 Å². The fourth-order valence-electron chi connectivity index (χ4n) is 4.94. The average molecular weight is 423 g/mol. The van der Waals surface area contributed by atoms with Gasteiger partial charge in [0.1, 0.15) is 0 Å². The van der Waals surface area contributed by atoms with Gasteiger partial charge in [0.2, 0.25) is 10.0 Å². The van der Waals surface area contributed by atoms with Gasteiger partial charge in [-0.3, -0.25) is 4.79 Å². The standard InChI is InChI=1S/C22H35N3O3S/c1-3-25(4-2)29(27,28)21-11-9-18(10-12-21)15-23-22(26)17-24-14-13-19-7-5-6-8-20(19)16-24/h9-12,19-20H,3-8,13-17H2,1-2H3,(H,23,26)/p+1/t19-,20-/m1/s1. The zero-order valence-electron chi connectivity index (χ0n) is 17.8. The summed E-state index contributed by atoms with van der Waals surface area (Å²) >= 11 is 0. The first-order valence-corrected chi connectivity index (χ1v) is 12.6. The Hall–Kier alpha value is -1.44. The first-order chi connectivity index (χ1) is 13.9. The summed E-state index contributed by atoms with van der Waals surface area (Å²) in [4.78, 5) is 14.1. The molecule has 2 aliphatic rings. The van der Waals surface area contributed by atoms with Crippen molar-refractivity contribution in [3.63, 3.8) is 0 Å². The summed E-state index contributed by atoms with van der Waals surface area (Å²) in [5.74, 6) is 1.77. The van der Waals surface area contributed by atoms with Crippen LogP contribution in [-0.4, -0.2) is 51.4 Å². The van der Waals surface area contributed by atoms with E-state index in [-0.39, 0.29) is 5.91 Å². The first kappa shape index (κ1) is 22.2. The summed E-state index contributed by atoms with van der Waals surface area (Å²) in [7, 11) is -3.44. The molecule has 2 fully saturated rings. The van der Waals surface area contributed by atoms with E-state index in [0.29, 0.717) is 31.1 Å².